The summed E-state index contributed by atoms with van der Waals surface area (Å²) >= 11 is 0. The van der Waals surface area contributed by atoms with Crippen LogP contribution < -0.4 is 9.46 Å². The molecule has 0 atom stereocenters. The van der Waals surface area contributed by atoms with Gasteiger partial charge in [-0.2, -0.15) is 9.46 Å². The summed E-state index contributed by atoms with van der Waals surface area (Å²) in [6.45, 7) is 39.4. The zero-order valence-corrected chi connectivity index (χ0v) is 60.9. The fraction of sp³-hybridized carbons (Fsp3) is 0.250. The zero-order valence-electron chi connectivity index (χ0n) is 60.9. The molecule has 0 N–H and O–H groups in total. The van der Waals surface area contributed by atoms with Gasteiger partial charge in [0.2, 0.25) is 0 Å². The Balaban J connectivity index is 0.000000364. The molecular weight excluding hydrogens is 1220 g/mol. The molecule has 1 aromatic carbocycles. The fourth-order valence-corrected chi connectivity index (χ4v) is 7.36. The summed E-state index contributed by atoms with van der Waals surface area (Å²) in [5.41, 5.74) is 19.0. The molecule has 0 bridgehead atoms. The number of benzene rings is 1. The van der Waals surface area contributed by atoms with E-state index in [9.17, 15) is 10.4 Å². The van der Waals surface area contributed by atoms with Crippen LogP contribution in [0.2, 0.25) is 0 Å². The van der Waals surface area contributed by atoms with Crippen LogP contribution in [0.25, 0.3) is 10.9 Å². The molecule has 12 aromatic heterocycles. The van der Waals surface area contributed by atoms with Crippen molar-refractivity contribution in [2.75, 3.05) is 0 Å². The summed E-state index contributed by atoms with van der Waals surface area (Å²) in [6, 6.07) is 44.9. The van der Waals surface area contributed by atoms with E-state index in [2.05, 4.69) is 121 Å². The molecular formula is C80H98N16O2. The number of hydrogen-bond acceptors (Lipinski definition) is 16. The lowest BCUT2D eigenvalue weighted by Crippen LogP contribution is -2.28. The Bertz CT molecular complexity index is 3820. The molecule has 13 rings (SSSR count). The summed E-state index contributed by atoms with van der Waals surface area (Å²) in [6.07, 6.45) is 26.0. The van der Waals surface area contributed by atoms with Crippen LogP contribution in [0, 0.1) is 149 Å². The molecule has 13 aromatic rings. The van der Waals surface area contributed by atoms with Crippen LogP contribution in [0.4, 0.5) is 0 Å². The van der Waals surface area contributed by atoms with Gasteiger partial charge in [0.05, 0.1) is 5.52 Å². The third-order valence-corrected chi connectivity index (χ3v) is 12.6. The third-order valence-electron chi connectivity index (χ3n) is 12.6. The zero-order chi connectivity index (χ0) is 72.6. The number of rotatable bonds is 0. The Kier molecular flexibility index (Phi) is 40.8. The van der Waals surface area contributed by atoms with E-state index in [1.54, 1.807) is 74.4 Å². The van der Waals surface area contributed by atoms with E-state index in [1.807, 2.05) is 227 Å². The average molecular weight is 1320 g/mol. The molecule has 0 saturated heterocycles. The number of hydrogen-bond donors (Lipinski definition) is 0. The molecule has 0 unspecified atom stereocenters. The maximum atomic E-state index is 10.5. The Morgan fingerprint density at radius 3 is 1.23 bits per heavy atom. The fourth-order valence-electron chi connectivity index (χ4n) is 7.36. The Morgan fingerprint density at radius 2 is 0.816 bits per heavy atom. The first-order valence-corrected chi connectivity index (χ1v) is 31.8. The van der Waals surface area contributed by atoms with Gasteiger partial charge in [-0.3, -0.25) is 29.9 Å². The molecule has 0 fully saturated rings. The van der Waals surface area contributed by atoms with E-state index in [0.717, 1.165) is 95.0 Å². The topological polar surface area (TPSA) is 234 Å². The quantitative estimate of drug-likeness (QED) is 0.101. The predicted molar refractivity (Wildman–Crippen MR) is 397 cm³/mol. The molecule has 18 nitrogen and oxygen atoms in total. The summed E-state index contributed by atoms with van der Waals surface area (Å²) in [5, 5.41) is 22.1. The summed E-state index contributed by atoms with van der Waals surface area (Å²) < 4.78 is 1.60. The highest BCUT2D eigenvalue weighted by atomic mass is 16.5. The molecule has 0 radical (unpaired) electrons. The van der Waals surface area contributed by atoms with Gasteiger partial charge >= 0.3 is 0 Å². The van der Waals surface area contributed by atoms with E-state index >= 15 is 0 Å². The van der Waals surface area contributed by atoms with Gasteiger partial charge in [-0.05, 0) is 243 Å². The molecule has 0 saturated carbocycles. The van der Waals surface area contributed by atoms with Crippen molar-refractivity contribution in [1.82, 2.24) is 69.8 Å². The third kappa shape index (κ3) is 42.0. The predicted octanol–water partition coefficient (Wildman–Crippen LogP) is 16.4. The van der Waals surface area contributed by atoms with Gasteiger partial charge in [-0.1, -0.05) is 48.5 Å². The van der Waals surface area contributed by atoms with Gasteiger partial charge in [0.15, 0.2) is 24.3 Å². The highest BCUT2D eigenvalue weighted by molar-refractivity contribution is 5.78. The summed E-state index contributed by atoms with van der Waals surface area (Å²) in [5.74, 6) is 3.34. The van der Waals surface area contributed by atoms with E-state index < -0.39 is 0 Å². The first-order chi connectivity index (χ1) is 46.7. The lowest BCUT2D eigenvalue weighted by molar-refractivity contribution is -0.612. The van der Waals surface area contributed by atoms with Crippen LogP contribution in [0.15, 0.2) is 232 Å². The first-order valence-electron chi connectivity index (χ1n) is 31.8. The molecule has 0 amide bonds. The van der Waals surface area contributed by atoms with Crippen LogP contribution in [0.3, 0.4) is 0 Å². The van der Waals surface area contributed by atoms with Crippen molar-refractivity contribution in [2.24, 2.45) is 0 Å². The van der Waals surface area contributed by atoms with Gasteiger partial charge in [0.25, 0.3) is 0 Å². The van der Waals surface area contributed by atoms with Gasteiger partial charge in [0, 0.05) is 151 Å². The van der Waals surface area contributed by atoms with Crippen LogP contribution in [0.5, 0.6) is 0 Å². The second kappa shape index (κ2) is 48.3. The molecule has 18 heteroatoms. The SMILES string of the molecule is Cc1cc(C)nc(C)n1.Cc1cc[n+]([O-])cc1.Cc1ccc(C)nc1.Cc1ccc2ccccc2n1.Cc1cccc[n+]1[O-].Cc1cccnc1.Cc1ccnc(C)c1.Cc1ccnc(C)n1.Cc1ccncc1.Cc1cnc(C)c(C)c1.Cc1cnc(C)nc1.Cc1ncccn1. The van der Waals surface area contributed by atoms with Crippen molar-refractivity contribution in [1.29, 1.82) is 0 Å². The molecule has 510 valence electrons. The Hall–Kier alpha value is -11.4. The van der Waals surface area contributed by atoms with Crippen molar-refractivity contribution >= 4 is 10.9 Å². The summed E-state index contributed by atoms with van der Waals surface area (Å²) in [4.78, 5) is 56.3. The van der Waals surface area contributed by atoms with E-state index in [0.29, 0.717) is 0 Å². The molecule has 98 heavy (non-hydrogen) atoms. The maximum Gasteiger partial charge on any atom is 0.189 e. The number of aryl methyl sites for hydroxylation is 20. The summed E-state index contributed by atoms with van der Waals surface area (Å²) in [7, 11) is 0. The molecule has 0 aliphatic heterocycles. The molecule has 0 aliphatic carbocycles. The minimum atomic E-state index is 0.729. The number of para-hydroxylation sites is 1. The lowest BCUT2D eigenvalue weighted by Gasteiger charge is -1.97. The Labute approximate surface area is 582 Å². The van der Waals surface area contributed by atoms with Gasteiger partial charge in [-0.25, -0.2) is 39.9 Å². The monoisotopic (exact) mass is 1310 g/mol. The van der Waals surface area contributed by atoms with Crippen molar-refractivity contribution in [3.05, 3.63) is 356 Å². The van der Waals surface area contributed by atoms with Gasteiger partial charge in [0.1, 0.15) is 23.3 Å². The lowest BCUT2D eigenvalue weighted by atomic mass is 10.2. The van der Waals surface area contributed by atoms with Crippen LogP contribution in [-0.2, 0) is 0 Å². The van der Waals surface area contributed by atoms with Crippen molar-refractivity contribution in [2.45, 2.75) is 138 Å². The normalized spacial score (nSPS) is 9.31. The molecule has 12 heterocycles. The van der Waals surface area contributed by atoms with Crippen molar-refractivity contribution in [3.8, 4) is 0 Å². The van der Waals surface area contributed by atoms with Gasteiger partial charge in [-0.15, -0.1) is 0 Å². The molecule has 0 aliphatic rings. The Morgan fingerprint density at radius 1 is 0.276 bits per heavy atom. The highest BCUT2D eigenvalue weighted by Gasteiger charge is 1.95. The van der Waals surface area contributed by atoms with E-state index in [1.165, 1.54) is 57.4 Å². The largest absolute Gasteiger partial charge is 0.619 e. The highest BCUT2D eigenvalue weighted by Crippen LogP contribution is 2.11. The second-order valence-corrected chi connectivity index (χ2v) is 22.5. The van der Waals surface area contributed by atoms with Crippen molar-refractivity contribution in [3.63, 3.8) is 0 Å². The van der Waals surface area contributed by atoms with E-state index in [-0.39, 0.29) is 0 Å². The number of aromatic nitrogens is 16. The smallest absolute Gasteiger partial charge is 0.189 e. The van der Waals surface area contributed by atoms with Crippen LogP contribution >= 0.6 is 0 Å². The standard InChI is InChI=1S/C10H9N.C8H11N.C7H10N2.2C7H9N.2C6H8N2.2C6H7NO.2C6H7N.C5H6N2/c1-8-6-7-9-4-2-3-5-10(9)11-8;1-6-4-7(2)8(3)9-5-6;1-5-4-6(2)9-7(3)8-5;1-6-3-4-8-7(2)5-6;1-6-3-4-7(2)8-5-6;1-5-3-7-6(2)8-4-5;1-5-3-4-7-6(2)8-5;1-6-2-4-7(8)5-3-6;1-6-4-2-3-5-7(6)8;1-6-2-4-7-5-3-6;1-6-3-2-4-7-5-6;1-5-6-3-2-4-7-5/h2-7H,1H3;4-5H,1-3H3;4H,1-3H3;2*3-5H,1-2H3;2*3-4H,1-2H3;2*2-5H,1H3;2*2-5H,1H3;2-4H,1H3. The van der Waals surface area contributed by atoms with Crippen LogP contribution in [0.1, 0.15) is 113 Å². The minimum Gasteiger partial charge on any atom is -0.619 e. The molecule has 0 spiro atoms. The first kappa shape index (κ1) is 82.7. The van der Waals surface area contributed by atoms with Crippen LogP contribution in [-0.4, -0.2) is 69.8 Å². The van der Waals surface area contributed by atoms with E-state index in [4.69, 9.17) is 0 Å². The average Bonchev–Trinajstić information content (AvgIpc) is 0.868. The van der Waals surface area contributed by atoms with Crippen molar-refractivity contribution < 1.29 is 9.46 Å². The minimum absolute atomic E-state index is 0.729. The number of fused-ring (bicyclic) bond motifs is 1. The maximum absolute atomic E-state index is 10.5. The van der Waals surface area contributed by atoms with Gasteiger partial charge < -0.3 is 10.4 Å². The number of nitrogens with zero attached hydrogens (tertiary/aromatic N) is 16. The second-order valence-electron chi connectivity index (χ2n) is 22.5. The number of pyridine rings is 8.